The molecule has 0 saturated heterocycles. The standard InChI is InChI=1S/C24H32N2O4/c1-17-18(2)24(27)30-23-16-19(10-11-20(17)23)29-15-7-6-12-25-13-14-26-21-8-4-5-9-22(21)28-3/h4-5,8-11,19,25-26H,6-7,12-16H2,1-3H3. The van der Waals surface area contributed by atoms with Gasteiger partial charge in [-0.3, -0.25) is 0 Å². The molecular weight excluding hydrogens is 380 g/mol. The van der Waals surface area contributed by atoms with E-state index in [2.05, 4.69) is 16.7 Å². The van der Waals surface area contributed by atoms with Gasteiger partial charge in [-0.2, -0.15) is 0 Å². The summed E-state index contributed by atoms with van der Waals surface area (Å²) in [4.78, 5) is 11.9. The van der Waals surface area contributed by atoms with Crippen molar-refractivity contribution >= 4 is 11.8 Å². The molecule has 1 aliphatic carbocycles. The van der Waals surface area contributed by atoms with Crippen molar-refractivity contribution in [1.82, 2.24) is 5.32 Å². The second kappa shape index (κ2) is 11.0. The predicted molar refractivity (Wildman–Crippen MR) is 121 cm³/mol. The third-order valence-corrected chi connectivity index (χ3v) is 5.46. The van der Waals surface area contributed by atoms with Crippen molar-refractivity contribution in [2.75, 3.05) is 38.7 Å². The van der Waals surface area contributed by atoms with Gasteiger partial charge in [-0.1, -0.05) is 24.3 Å². The molecule has 6 heteroatoms. The number of hydrogen-bond acceptors (Lipinski definition) is 6. The topological polar surface area (TPSA) is 72.7 Å². The Labute approximate surface area is 178 Å². The molecule has 3 rings (SSSR count). The van der Waals surface area contributed by atoms with Crippen LogP contribution in [0.15, 0.2) is 39.6 Å². The summed E-state index contributed by atoms with van der Waals surface area (Å²) >= 11 is 0. The lowest BCUT2D eigenvalue weighted by Gasteiger charge is -2.20. The average Bonchev–Trinajstić information content (AvgIpc) is 2.76. The highest BCUT2D eigenvalue weighted by Gasteiger charge is 2.20. The minimum Gasteiger partial charge on any atom is -0.495 e. The number of unbranched alkanes of at least 4 members (excludes halogenated alkanes) is 1. The fourth-order valence-corrected chi connectivity index (χ4v) is 3.53. The molecule has 0 saturated carbocycles. The lowest BCUT2D eigenvalue weighted by Crippen LogP contribution is -2.24. The van der Waals surface area contributed by atoms with Crippen LogP contribution < -0.4 is 21.0 Å². The van der Waals surface area contributed by atoms with Gasteiger partial charge in [-0.15, -0.1) is 0 Å². The van der Waals surface area contributed by atoms with Gasteiger partial charge in [-0.25, -0.2) is 4.79 Å². The first-order valence-electron chi connectivity index (χ1n) is 10.6. The lowest BCUT2D eigenvalue weighted by atomic mass is 9.96. The summed E-state index contributed by atoms with van der Waals surface area (Å²) < 4.78 is 16.7. The fraction of sp³-hybridized carbons (Fsp3) is 0.458. The fourth-order valence-electron chi connectivity index (χ4n) is 3.53. The van der Waals surface area contributed by atoms with E-state index in [1.165, 1.54) is 0 Å². The summed E-state index contributed by atoms with van der Waals surface area (Å²) in [5.41, 5.74) is 3.48. The highest BCUT2D eigenvalue weighted by atomic mass is 16.5. The molecule has 1 aliphatic rings. The Hall–Kier alpha value is -2.57. The van der Waals surface area contributed by atoms with Crippen molar-refractivity contribution < 1.29 is 13.9 Å². The van der Waals surface area contributed by atoms with Crippen LogP contribution in [0, 0.1) is 13.8 Å². The van der Waals surface area contributed by atoms with Crippen LogP contribution >= 0.6 is 0 Å². The molecular formula is C24H32N2O4. The van der Waals surface area contributed by atoms with Gasteiger partial charge in [0.05, 0.1) is 18.9 Å². The maximum Gasteiger partial charge on any atom is 0.339 e. The minimum absolute atomic E-state index is 0.0271. The van der Waals surface area contributed by atoms with E-state index in [-0.39, 0.29) is 11.7 Å². The summed E-state index contributed by atoms with van der Waals surface area (Å²) in [6, 6.07) is 7.92. The van der Waals surface area contributed by atoms with E-state index >= 15 is 0 Å². The maximum absolute atomic E-state index is 11.9. The second-order valence-electron chi connectivity index (χ2n) is 7.53. The van der Waals surface area contributed by atoms with Gasteiger partial charge >= 0.3 is 5.63 Å². The minimum atomic E-state index is -0.244. The average molecular weight is 413 g/mol. The maximum atomic E-state index is 11.9. The molecule has 1 unspecified atom stereocenters. The third-order valence-electron chi connectivity index (χ3n) is 5.46. The number of rotatable bonds is 11. The number of hydrogen-bond donors (Lipinski definition) is 2. The van der Waals surface area contributed by atoms with Crippen molar-refractivity contribution in [2.45, 2.75) is 39.2 Å². The zero-order valence-electron chi connectivity index (χ0n) is 18.1. The molecule has 2 N–H and O–H groups in total. The van der Waals surface area contributed by atoms with Gasteiger partial charge in [0.1, 0.15) is 11.5 Å². The highest BCUT2D eigenvalue weighted by molar-refractivity contribution is 5.59. The van der Waals surface area contributed by atoms with Gasteiger partial charge in [0.2, 0.25) is 0 Å². The van der Waals surface area contributed by atoms with Crippen LogP contribution in [-0.4, -0.2) is 39.5 Å². The van der Waals surface area contributed by atoms with E-state index < -0.39 is 0 Å². The molecule has 1 heterocycles. The van der Waals surface area contributed by atoms with Crippen LogP contribution in [0.4, 0.5) is 5.69 Å². The van der Waals surface area contributed by atoms with Crippen LogP contribution in [0.1, 0.15) is 35.3 Å². The molecule has 0 aliphatic heterocycles. The monoisotopic (exact) mass is 412 g/mol. The molecule has 1 aromatic heterocycles. The van der Waals surface area contributed by atoms with Crippen LogP contribution in [0.5, 0.6) is 5.75 Å². The molecule has 30 heavy (non-hydrogen) atoms. The molecule has 0 radical (unpaired) electrons. The molecule has 0 fully saturated rings. The first-order chi connectivity index (χ1) is 14.6. The van der Waals surface area contributed by atoms with Crippen molar-refractivity contribution in [2.24, 2.45) is 0 Å². The van der Waals surface area contributed by atoms with E-state index in [1.807, 2.05) is 37.3 Å². The van der Waals surface area contributed by atoms with Crippen molar-refractivity contribution in [3.8, 4) is 5.75 Å². The summed E-state index contributed by atoms with van der Waals surface area (Å²) in [5, 5.41) is 6.82. The van der Waals surface area contributed by atoms with E-state index in [0.29, 0.717) is 18.6 Å². The van der Waals surface area contributed by atoms with E-state index in [9.17, 15) is 4.79 Å². The van der Waals surface area contributed by atoms with Crippen molar-refractivity contribution in [3.63, 3.8) is 0 Å². The quantitative estimate of drug-likeness (QED) is 0.548. The Balaban J connectivity index is 1.27. The molecule has 162 valence electrons. The summed E-state index contributed by atoms with van der Waals surface area (Å²) in [6.45, 7) is 7.15. The Bertz CT molecular complexity index is 920. The first-order valence-corrected chi connectivity index (χ1v) is 10.6. The number of benzene rings is 1. The zero-order chi connectivity index (χ0) is 21.3. The number of para-hydroxylation sites is 2. The Morgan fingerprint density at radius 2 is 1.93 bits per heavy atom. The van der Waals surface area contributed by atoms with Crippen molar-refractivity contribution in [3.05, 3.63) is 63.2 Å². The third kappa shape index (κ3) is 5.74. The van der Waals surface area contributed by atoms with Crippen LogP contribution in [-0.2, 0) is 11.2 Å². The van der Waals surface area contributed by atoms with E-state index in [4.69, 9.17) is 13.9 Å². The Kier molecular flexibility index (Phi) is 8.11. The van der Waals surface area contributed by atoms with Gasteiger partial charge in [0.25, 0.3) is 0 Å². The van der Waals surface area contributed by atoms with Crippen molar-refractivity contribution in [1.29, 1.82) is 0 Å². The lowest BCUT2D eigenvalue weighted by molar-refractivity contribution is 0.0778. The largest absolute Gasteiger partial charge is 0.495 e. The predicted octanol–water partition coefficient (Wildman–Crippen LogP) is 3.70. The second-order valence-corrected chi connectivity index (χ2v) is 7.53. The van der Waals surface area contributed by atoms with Gasteiger partial charge in [0, 0.05) is 37.2 Å². The number of nitrogens with one attached hydrogen (secondary N) is 2. The number of fused-ring (bicyclic) bond motifs is 1. The van der Waals surface area contributed by atoms with Crippen LogP contribution in [0.3, 0.4) is 0 Å². The number of anilines is 1. The smallest absolute Gasteiger partial charge is 0.339 e. The SMILES string of the molecule is COc1ccccc1NCCNCCCCOC1C=Cc2c(oc(=O)c(C)c2C)C1. The van der Waals surface area contributed by atoms with Gasteiger partial charge in [0.15, 0.2) is 0 Å². The molecule has 0 bridgehead atoms. The summed E-state index contributed by atoms with van der Waals surface area (Å²) in [7, 11) is 1.68. The number of ether oxygens (including phenoxy) is 2. The van der Waals surface area contributed by atoms with E-state index in [1.54, 1.807) is 14.0 Å². The molecule has 6 nitrogen and oxygen atoms in total. The molecule has 0 amide bonds. The molecule has 1 aromatic carbocycles. The molecule has 1 atom stereocenters. The highest BCUT2D eigenvalue weighted by Crippen LogP contribution is 2.24. The van der Waals surface area contributed by atoms with Crippen LogP contribution in [0.25, 0.3) is 6.08 Å². The summed E-state index contributed by atoms with van der Waals surface area (Å²) in [6.07, 6.45) is 6.72. The zero-order valence-corrected chi connectivity index (χ0v) is 18.1. The van der Waals surface area contributed by atoms with Gasteiger partial charge < -0.3 is 24.5 Å². The Morgan fingerprint density at radius 1 is 1.10 bits per heavy atom. The molecule has 2 aromatic rings. The van der Waals surface area contributed by atoms with Gasteiger partial charge in [-0.05, 0) is 50.9 Å². The van der Waals surface area contributed by atoms with Crippen LogP contribution in [0.2, 0.25) is 0 Å². The molecule has 0 spiro atoms. The first kappa shape index (κ1) is 22.1. The summed E-state index contributed by atoms with van der Waals surface area (Å²) in [5.74, 6) is 1.60. The Morgan fingerprint density at radius 3 is 2.77 bits per heavy atom. The normalized spacial score (nSPS) is 15.1. The number of methoxy groups -OCH3 is 1. The van der Waals surface area contributed by atoms with E-state index in [0.717, 1.165) is 60.8 Å².